The number of hydrogen-bond donors (Lipinski definition) is 0. The number of carbonyl (C=O) groups is 2. The Balaban J connectivity index is 1.21. The average molecular weight is 497 g/mol. The fourth-order valence-corrected chi connectivity index (χ4v) is 9.50. The van der Waals surface area contributed by atoms with Crippen LogP contribution in [0.5, 0.6) is 0 Å². The van der Waals surface area contributed by atoms with Crippen LogP contribution in [0.1, 0.15) is 36.3 Å². The normalized spacial score (nSPS) is 18.0. The van der Waals surface area contributed by atoms with Gasteiger partial charge in [-0.05, 0) is 0 Å². The predicted octanol–water partition coefficient (Wildman–Crippen LogP) is 4.49. The van der Waals surface area contributed by atoms with Crippen molar-refractivity contribution in [3.05, 3.63) is 91.1 Å². The van der Waals surface area contributed by atoms with Gasteiger partial charge < -0.3 is 0 Å². The summed E-state index contributed by atoms with van der Waals surface area (Å²) in [5, 5.41) is 2.22. The van der Waals surface area contributed by atoms with Gasteiger partial charge in [0.05, 0.1) is 0 Å². The van der Waals surface area contributed by atoms with Gasteiger partial charge in [-0.3, -0.25) is 0 Å². The molecule has 2 aromatic heterocycles. The molecule has 0 atom stereocenters. The molecule has 0 amide bonds. The van der Waals surface area contributed by atoms with Crippen LogP contribution in [-0.2, 0) is 13.1 Å². The molecule has 5 heteroatoms. The quantitative estimate of drug-likeness (QED) is 0.298. The van der Waals surface area contributed by atoms with E-state index in [2.05, 4.69) is 28.5 Å². The van der Waals surface area contributed by atoms with Crippen molar-refractivity contribution < 1.29 is 9.59 Å². The summed E-state index contributed by atoms with van der Waals surface area (Å²) in [6.07, 6.45) is 6.81. The number of hydrogen-bond acceptors (Lipinski definition) is 4. The Morgan fingerprint density at radius 3 is 2.57 bits per heavy atom. The number of rotatable bonds is 2. The Hall–Kier alpha value is -2.19. The van der Waals surface area contributed by atoms with Gasteiger partial charge >= 0.3 is 176 Å². The average Bonchev–Trinajstić information content (AvgIpc) is 3.48. The molecule has 0 unspecified atom stereocenters. The molecule has 0 fully saturated rings. The first-order valence-electron chi connectivity index (χ1n) is 9.21. The molecule has 136 valence electrons. The molecule has 28 heavy (non-hydrogen) atoms. The van der Waals surface area contributed by atoms with Crippen molar-refractivity contribution >= 4 is 51.4 Å². The summed E-state index contributed by atoms with van der Waals surface area (Å²) in [5.41, 5.74) is 5.27. The van der Waals surface area contributed by atoms with Gasteiger partial charge in [-0.15, -0.1) is 0 Å². The molecule has 3 aromatic rings. The maximum atomic E-state index is 12.6. The third-order valence-corrected chi connectivity index (χ3v) is 10.4. The minimum absolute atomic E-state index is 0.146. The first-order chi connectivity index (χ1) is 13.7. The van der Waals surface area contributed by atoms with Gasteiger partial charge in [0.25, 0.3) is 0 Å². The molecule has 3 heterocycles. The van der Waals surface area contributed by atoms with Crippen LogP contribution >= 0.6 is 11.3 Å². The Morgan fingerprint density at radius 1 is 1.00 bits per heavy atom. The number of ketones is 2. The third kappa shape index (κ3) is 2.40. The summed E-state index contributed by atoms with van der Waals surface area (Å²) in [7, 11) is 0. The van der Waals surface area contributed by atoms with E-state index in [-0.39, 0.29) is 32.0 Å². The van der Waals surface area contributed by atoms with E-state index in [4.69, 9.17) is 0 Å². The second-order valence-electron chi connectivity index (χ2n) is 7.31. The topological polar surface area (TPSA) is 37.4 Å². The molecule has 0 saturated carbocycles. The van der Waals surface area contributed by atoms with Gasteiger partial charge in [0.2, 0.25) is 0 Å². The molecule has 0 N–H and O–H groups in total. The predicted molar refractivity (Wildman–Crippen MR) is 112 cm³/mol. The van der Waals surface area contributed by atoms with Crippen molar-refractivity contribution in [2.45, 2.75) is 19.5 Å². The first-order valence-corrected chi connectivity index (χ1v) is 12.4. The van der Waals surface area contributed by atoms with Gasteiger partial charge in [-0.1, -0.05) is 0 Å². The number of thiophene rings is 1. The fraction of sp³-hybridized carbons (Fsp3) is 0.130. The van der Waals surface area contributed by atoms with Crippen LogP contribution in [0.2, 0.25) is 0 Å². The molecule has 1 aromatic carbocycles. The molecule has 1 aliphatic heterocycles. The molecule has 0 saturated heterocycles. The van der Waals surface area contributed by atoms with Crippen LogP contribution in [0, 0.1) is 0 Å². The molecule has 0 radical (unpaired) electrons. The Bertz CT molecular complexity index is 1250. The van der Waals surface area contributed by atoms with Crippen molar-refractivity contribution in [2.24, 2.45) is 0 Å². The summed E-state index contributed by atoms with van der Waals surface area (Å²) < 4.78 is 4.81. The van der Waals surface area contributed by atoms with Crippen LogP contribution in [0.4, 0.5) is 0 Å². The van der Waals surface area contributed by atoms with E-state index < -0.39 is 0 Å². The zero-order valence-corrected chi connectivity index (χ0v) is 18.0. The van der Waals surface area contributed by atoms with E-state index in [9.17, 15) is 9.59 Å². The Labute approximate surface area is 175 Å². The van der Waals surface area contributed by atoms with E-state index in [1.165, 1.54) is 10.4 Å². The zero-order valence-electron chi connectivity index (χ0n) is 14.9. The van der Waals surface area contributed by atoms with Gasteiger partial charge in [0.1, 0.15) is 0 Å². The van der Waals surface area contributed by atoms with Gasteiger partial charge in [-0.2, -0.15) is 0 Å². The molecule has 2 aliphatic carbocycles. The van der Waals surface area contributed by atoms with Gasteiger partial charge in [-0.25, -0.2) is 0 Å². The Morgan fingerprint density at radius 2 is 1.79 bits per heavy atom. The molecular weight excluding hydrogens is 482 g/mol. The summed E-state index contributed by atoms with van der Waals surface area (Å²) >= 11 is 1.70. The molecule has 6 rings (SSSR count). The second-order valence-corrected chi connectivity index (χ2v) is 11.5. The third-order valence-electron chi connectivity index (χ3n) is 5.67. The number of fused-ring (bicyclic) bond motifs is 4. The zero-order chi connectivity index (χ0) is 18.8. The summed E-state index contributed by atoms with van der Waals surface area (Å²) in [5.74, 6) is -0.291. The van der Waals surface area contributed by atoms with Crippen LogP contribution in [0.25, 0.3) is 8.10 Å². The van der Waals surface area contributed by atoms with Crippen molar-refractivity contribution in [1.82, 2.24) is 4.90 Å². The number of allylic oxidation sites excluding steroid dienone is 5. The van der Waals surface area contributed by atoms with E-state index in [1.54, 1.807) is 30.8 Å². The first kappa shape index (κ1) is 16.7. The maximum absolute atomic E-state index is 12.6. The van der Waals surface area contributed by atoms with Crippen molar-refractivity contribution in [2.75, 3.05) is 0 Å². The monoisotopic (exact) mass is 499 g/mol. The number of Topliss-reactive ketones (excluding diaryl/α,β-unsaturated/α-hetero) is 2. The molecule has 3 aliphatic rings. The second kappa shape index (κ2) is 6.15. The molecular formula is C23H15NO2STe. The SMILES string of the molecule is O=C1C(=CC2=CC=C(N3Cc4[te]c5ccsc5c4C3)C2)C(=O)c2ccccc21. The number of nitrogens with zero attached hydrogens (tertiary/aromatic N) is 1. The van der Waals surface area contributed by atoms with Crippen molar-refractivity contribution in [1.29, 1.82) is 0 Å². The van der Waals surface area contributed by atoms with Crippen molar-refractivity contribution in [3.63, 3.8) is 0 Å². The summed E-state index contributed by atoms with van der Waals surface area (Å²) in [4.78, 5) is 27.7. The van der Waals surface area contributed by atoms with Gasteiger partial charge in [0.15, 0.2) is 0 Å². The summed E-state index contributed by atoms with van der Waals surface area (Å²) in [6.45, 7) is 2.05. The van der Waals surface area contributed by atoms with Crippen LogP contribution in [0.15, 0.2) is 70.8 Å². The molecule has 3 nitrogen and oxygen atoms in total. The molecule has 0 bridgehead atoms. The number of benzene rings is 1. The molecule has 0 spiro atoms. The van der Waals surface area contributed by atoms with Crippen LogP contribution in [-0.4, -0.2) is 36.9 Å². The van der Waals surface area contributed by atoms with Crippen LogP contribution < -0.4 is 0 Å². The minimum atomic E-state index is -0.181. The standard InChI is InChI=1S/C23H15NO2STe/c25-21-15-3-1-2-4-16(15)22(26)17(21)10-13-5-6-14(9-13)24-11-18-20(12-24)28-19-7-8-27-23(18)19/h1-8,10H,9,11-12H2. The van der Waals surface area contributed by atoms with Crippen LogP contribution in [0.3, 0.4) is 0 Å². The Kier molecular flexibility index (Phi) is 3.68. The van der Waals surface area contributed by atoms with E-state index in [0.29, 0.717) is 16.7 Å². The van der Waals surface area contributed by atoms with E-state index >= 15 is 0 Å². The van der Waals surface area contributed by atoms with Crippen molar-refractivity contribution in [3.8, 4) is 0 Å². The number of carbonyl (C=O) groups excluding carboxylic acids is 2. The van der Waals surface area contributed by atoms with E-state index in [1.807, 2.05) is 23.5 Å². The summed E-state index contributed by atoms with van der Waals surface area (Å²) in [6, 6.07) is 9.40. The van der Waals surface area contributed by atoms with E-state index in [0.717, 1.165) is 25.1 Å². The fourth-order valence-electron chi connectivity index (χ4n) is 4.27. The van der Waals surface area contributed by atoms with Gasteiger partial charge in [0, 0.05) is 0 Å².